The summed E-state index contributed by atoms with van der Waals surface area (Å²) in [4.78, 5) is 10.7. The van der Waals surface area contributed by atoms with E-state index >= 15 is 0 Å². The highest BCUT2D eigenvalue weighted by molar-refractivity contribution is 5.68. The Morgan fingerprint density at radius 1 is 1.11 bits per heavy atom. The Balaban J connectivity index is 1.50. The molecular weight excluding hydrogens is 358 g/mol. The smallest absolute Gasteiger partial charge is 0.341 e. The molecule has 1 aliphatic rings. The Kier molecular flexibility index (Phi) is 7.28. The van der Waals surface area contributed by atoms with Crippen LogP contribution in [-0.4, -0.2) is 48.1 Å². The van der Waals surface area contributed by atoms with E-state index in [1.54, 1.807) is 0 Å². The zero-order chi connectivity index (χ0) is 19.8. The highest BCUT2D eigenvalue weighted by atomic mass is 16.5. The lowest BCUT2D eigenvalue weighted by Crippen LogP contribution is -2.39. The van der Waals surface area contributed by atoms with Crippen LogP contribution >= 0.6 is 0 Å². The Morgan fingerprint density at radius 2 is 1.93 bits per heavy atom. The number of ether oxygens (including phenoxy) is 2. The van der Waals surface area contributed by atoms with Crippen LogP contribution in [0.1, 0.15) is 24.0 Å². The van der Waals surface area contributed by atoms with Crippen LogP contribution in [0, 0.1) is 0 Å². The van der Waals surface area contributed by atoms with Gasteiger partial charge >= 0.3 is 5.97 Å². The lowest BCUT2D eigenvalue weighted by Gasteiger charge is -2.20. The molecule has 0 aliphatic heterocycles. The maximum atomic E-state index is 10.7. The molecule has 2 aromatic carbocycles. The van der Waals surface area contributed by atoms with Gasteiger partial charge in [-0.15, -0.1) is 0 Å². The Hall–Kier alpha value is -2.57. The molecule has 2 aromatic rings. The van der Waals surface area contributed by atoms with Gasteiger partial charge in [0, 0.05) is 12.6 Å². The van der Waals surface area contributed by atoms with E-state index in [1.165, 1.54) is 11.1 Å². The first-order chi connectivity index (χ1) is 13.6. The summed E-state index contributed by atoms with van der Waals surface area (Å²) in [5, 5.41) is 22.4. The molecule has 0 saturated heterocycles. The number of para-hydroxylation sites is 1. The molecule has 6 nitrogen and oxygen atoms in total. The molecule has 3 N–H and O–H groups in total. The molecule has 0 saturated carbocycles. The molecule has 28 heavy (non-hydrogen) atoms. The van der Waals surface area contributed by atoms with Gasteiger partial charge in [-0.25, -0.2) is 4.79 Å². The number of benzene rings is 2. The first-order valence-electron chi connectivity index (χ1n) is 9.66. The third-order valence-corrected chi connectivity index (χ3v) is 4.83. The topological polar surface area (TPSA) is 88.0 Å². The number of hydrogen-bond donors (Lipinski definition) is 3. The third kappa shape index (κ3) is 6.25. The maximum absolute atomic E-state index is 10.7. The Bertz CT molecular complexity index is 765. The second-order valence-corrected chi connectivity index (χ2v) is 7.09. The van der Waals surface area contributed by atoms with Gasteiger partial charge in [-0.1, -0.05) is 24.3 Å². The molecule has 6 heteroatoms. The molecule has 1 aliphatic carbocycles. The van der Waals surface area contributed by atoms with Crippen LogP contribution < -0.4 is 14.8 Å². The summed E-state index contributed by atoms with van der Waals surface area (Å²) in [5.74, 6) is 0.345. The first-order valence-corrected chi connectivity index (χ1v) is 9.66. The van der Waals surface area contributed by atoms with Crippen molar-refractivity contribution in [2.75, 3.05) is 19.8 Å². The van der Waals surface area contributed by atoms with E-state index in [1.807, 2.05) is 48.5 Å². The lowest BCUT2D eigenvalue weighted by atomic mass is 10.0. The number of aliphatic hydroxyl groups is 1. The first kappa shape index (κ1) is 20.2. The summed E-state index contributed by atoms with van der Waals surface area (Å²) in [6, 6.07) is 15.5. The van der Waals surface area contributed by atoms with Crippen molar-refractivity contribution in [3.8, 4) is 11.5 Å². The Labute approximate surface area is 165 Å². The van der Waals surface area contributed by atoms with Gasteiger partial charge < -0.3 is 25.0 Å². The largest absolute Gasteiger partial charge is 0.491 e. The van der Waals surface area contributed by atoms with E-state index in [0.29, 0.717) is 12.3 Å². The van der Waals surface area contributed by atoms with Crippen molar-refractivity contribution in [3.63, 3.8) is 0 Å². The summed E-state index contributed by atoms with van der Waals surface area (Å²) < 4.78 is 10.9. The number of carbonyl (C=O) groups is 1. The van der Waals surface area contributed by atoms with E-state index < -0.39 is 12.1 Å². The minimum absolute atomic E-state index is 0.244. The van der Waals surface area contributed by atoms with Gasteiger partial charge in [0.15, 0.2) is 6.61 Å². The fourth-order valence-corrected chi connectivity index (χ4v) is 3.42. The molecule has 0 bridgehead atoms. The number of aliphatic carboxylic acids is 1. The molecule has 0 spiro atoms. The molecule has 0 unspecified atom stereocenters. The van der Waals surface area contributed by atoms with Crippen molar-refractivity contribution in [1.29, 1.82) is 0 Å². The number of carboxylic acids is 1. The van der Waals surface area contributed by atoms with E-state index in [4.69, 9.17) is 14.6 Å². The third-order valence-electron chi connectivity index (χ3n) is 4.83. The molecule has 3 rings (SSSR count). The normalized spacial score (nSPS) is 17.2. The average Bonchev–Trinajstić information content (AvgIpc) is 2.91. The number of rotatable bonds is 9. The summed E-state index contributed by atoms with van der Waals surface area (Å²) >= 11 is 0. The molecule has 150 valence electrons. The van der Waals surface area contributed by atoms with E-state index in [2.05, 4.69) is 5.32 Å². The lowest BCUT2D eigenvalue weighted by molar-refractivity contribution is -0.139. The number of hydrogen-bond acceptors (Lipinski definition) is 5. The number of aliphatic hydroxyl groups excluding tert-OH is 1. The second kappa shape index (κ2) is 10.1. The van der Waals surface area contributed by atoms with Crippen LogP contribution in [-0.2, 0) is 17.6 Å². The van der Waals surface area contributed by atoms with Crippen molar-refractivity contribution >= 4 is 5.97 Å². The van der Waals surface area contributed by atoms with Crippen molar-refractivity contribution < 1.29 is 24.5 Å². The predicted octanol–water partition coefficient (Wildman–Crippen LogP) is 2.43. The molecular formula is C22H27NO5. The molecule has 0 amide bonds. The van der Waals surface area contributed by atoms with Crippen LogP contribution in [0.2, 0.25) is 0 Å². The molecule has 0 fully saturated rings. The van der Waals surface area contributed by atoms with Crippen LogP contribution in [0.5, 0.6) is 11.5 Å². The summed E-state index contributed by atoms with van der Waals surface area (Å²) in [6.07, 6.45) is 3.31. The minimum Gasteiger partial charge on any atom is -0.491 e. The van der Waals surface area contributed by atoms with Crippen LogP contribution in [0.3, 0.4) is 0 Å². The summed E-state index contributed by atoms with van der Waals surface area (Å²) in [5.41, 5.74) is 2.45. The quantitative estimate of drug-likeness (QED) is 0.575. The second-order valence-electron chi connectivity index (χ2n) is 7.09. The highest BCUT2D eigenvalue weighted by Gasteiger charge is 2.18. The summed E-state index contributed by atoms with van der Waals surface area (Å²) in [7, 11) is 0. The number of nitrogens with one attached hydrogen (secondary N) is 1. The average molecular weight is 385 g/mol. The SMILES string of the molecule is O=C(O)COc1ccc2c(c1)C[C@H](NC[C@@H](O)COc1ccccc1)CCC2. The van der Waals surface area contributed by atoms with Crippen molar-refractivity contribution in [2.24, 2.45) is 0 Å². The standard InChI is InChI=1S/C22H27NO5/c24-19(14-27-20-7-2-1-3-8-20)13-23-18-6-4-5-16-9-10-21(12-17(16)11-18)28-15-22(25)26/h1-3,7-10,12,18-19,23-24H,4-6,11,13-15H2,(H,25,26)/t18-,19-/m1/s1. The molecule has 0 heterocycles. The molecule has 0 aromatic heterocycles. The van der Waals surface area contributed by atoms with Crippen LogP contribution in [0.4, 0.5) is 0 Å². The van der Waals surface area contributed by atoms with Crippen LogP contribution in [0.25, 0.3) is 0 Å². The van der Waals surface area contributed by atoms with Crippen molar-refractivity contribution in [2.45, 2.75) is 37.8 Å². The zero-order valence-corrected chi connectivity index (χ0v) is 15.8. The fourth-order valence-electron chi connectivity index (χ4n) is 3.42. The van der Waals surface area contributed by atoms with Gasteiger partial charge in [0.1, 0.15) is 24.2 Å². The van der Waals surface area contributed by atoms with Crippen molar-refractivity contribution in [1.82, 2.24) is 5.32 Å². The van der Waals surface area contributed by atoms with E-state index in [9.17, 15) is 9.90 Å². The number of aryl methyl sites for hydroxylation is 1. The van der Waals surface area contributed by atoms with Crippen LogP contribution in [0.15, 0.2) is 48.5 Å². The van der Waals surface area contributed by atoms with Crippen molar-refractivity contribution in [3.05, 3.63) is 59.7 Å². The minimum atomic E-state index is -0.985. The van der Waals surface area contributed by atoms with Gasteiger partial charge in [-0.2, -0.15) is 0 Å². The van der Waals surface area contributed by atoms with E-state index in [0.717, 1.165) is 31.4 Å². The highest BCUT2D eigenvalue weighted by Crippen LogP contribution is 2.25. The number of fused-ring (bicyclic) bond motifs is 1. The maximum Gasteiger partial charge on any atom is 0.341 e. The van der Waals surface area contributed by atoms with Gasteiger partial charge in [0.2, 0.25) is 0 Å². The molecule has 0 radical (unpaired) electrons. The number of carboxylic acid groups (broad SMARTS) is 1. The zero-order valence-electron chi connectivity index (χ0n) is 15.8. The molecule has 2 atom stereocenters. The van der Waals surface area contributed by atoms with E-state index in [-0.39, 0.29) is 19.3 Å². The summed E-state index contributed by atoms with van der Waals surface area (Å²) in [6.45, 7) is 0.365. The van der Waals surface area contributed by atoms with Gasteiger partial charge in [-0.05, 0) is 61.1 Å². The monoisotopic (exact) mass is 385 g/mol. The van der Waals surface area contributed by atoms with Gasteiger partial charge in [0.25, 0.3) is 0 Å². The Morgan fingerprint density at radius 3 is 2.71 bits per heavy atom. The van der Waals surface area contributed by atoms with Gasteiger partial charge in [-0.3, -0.25) is 0 Å². The fraction of sp³-hybridized carbons (Fsp3) is 0.409. The predicted molar refractivity (Wildman–Crippen MR) is 106 cm³/mol. The van der Waals surface area contributed by atoms with Gasteiger partial charge in [0.05, 0.1) is 0 Å².